The number of para-hydroxylation sites is 1. The minimum atomic E-state index is 0.156. The molecule has 0 spiro atoms. The van der Waals surface area contributed by atoms with Crippen LogP contribution < -0.4 is 5.32 Å². The molecule has 1 aromatic heterocycles. The molecule has 2 unspecified atom stereocenters. The second kappa shape index (κ2) is 6.06. The molecular weight excluding hydrogens is 300 g/mol. The highest BCUT2D eigenvalue weighted by molar-refractivity contribution is 5.97. The fourth-order valence-electron chi connectivity index (χ4n) is 4.22. The van der Waals surface area contributed by atoms with E-state index >= 15 is 0 Å². The zero-order valence-electron chi connectivity index (χ0n) is 14.3. The number of benzene rings is 1. The number of aryl methyl sites for hydroxylation is 1. The highest BCUT2D eigenvalue weighted by Gasteiger charge is 2.39. The molecule has 126 valence electrons. The smallest absolute Gasteiger partial charge is 0.258 e. The van der Waals surface area contributed by atoms with Crippen LogP contribution in [0, 0.1) is 13.8 Å². The summed E-state index contributed by atoms with van der Waals surface area (Å²) in [6, 6.07) is 10.7. The highest BCUT2D eigenvalue weighted by atomic mass is 16.2. The van der Waals surface area contributed by atoms with Gasteiger partial charge in [0.1, 0.15) is 0 Å². The maximum atomic E-state index is 13.3. The van der Waals surface area contributed by atoms with Gasteiger partial charge in [0.15, 0.2) is 0 Å². The van der Waals surface area contributed by atoms with Crippen LogP contribution in [0.25, 0.3) is 5.69 Å². The number of rotatable bonds is 2. The number of fused-ring (bicyclic) bond motifs is 2. The van der Waals surface area contributed by atoms with E-state index in [9.17, 15) is 4.79 Å². The number of hydrogen-bond acceptors (Lipinski definition) is 3. The molecule has 24 heavy (non-hydrogen) atoms. The maximum Gasteiger partial charge on any atom is 0.258 e. The molecule has 2 saturated heterocycles. The fraction of sp³-hybridized carbons (Fsp3) is 0.474. The number of nitrogens with one attached hydrogen (secondary N) is 1. The molecule has 2 aliphatic rings. The largest absolute Gasteiger partial charge is 0.331 e. The summed E-state index contributed by atoms with van der Waals surface area (Å²) in [6.07, 6.45) is 3.28. The van der Waals surface area contributed by atoms with E-state index in [0.717, 1.165) is 55.0 Å². The summed E-state index contributed by atoms with van der Waals surface area (Å²) in [5.74, 6) is 0.156. The zero-order chi connectivity index (χ0) is 16.7. The Balaban J connectivity index is 1.72. The number of amides is 1. The summed E-state index contributed by atoms with van der Waals surface area (Å²) in [7, 11) is 0. The molecule has 1 N–H and O–H groups in total. The van der Waals surface area contributed by atoms with Gasteiger partial charge in [-0.25, -0.2) is 4.68 Å². The number of hydrogen-bond donors (Lipinski definition) is 1. The van der Waals surface area contributed by atoms with Gasteiger partial charge in [0, 0.05) is 18.6 Å². The van der Waals surface area contributed by atoms with Gasteiger partial charge in [0.2, 0.25) is 0 Å². The average Bonchev–Trinajstić information content (AvgIpc) is 3.02. The summed E-state index contributed by atoms with van der Waals surface area (Å²) in [6.45, 7) is 5.86. The molecule has 0 saturated carbocycles. The van der Waals surface area contributed by atoms with Crippen molar-refractivity contribution in [2.45, 2.75) is 45.2 Å². The minimum Gasteiger partial charge on any atom is -0.331 e. The lowest BCUT2D eigenvalue weighted by molar-refractivity contribution is 0.0679. The van der Waals surface area contributed by atoms with Crippen molar-refractivity contribution in [3.8, 4) is 5.69 Å². The van der Waals surface area contributed by atoms with E-state index in [4.69, 9.17) is 0 Å². The second-order valence-electron chi connectivity index (χ2n) is 6.88. The van der Waals surface area contributed by atoms with Gasteiger partial charge >= 0.3 is 0 Å². The van der Waals surface area contributed by atoms with E-state index in [2.05, 4.69) is 15.3 Å². The summed E-state index contributed by atoms with van der Waals surface area (Å²) >= 11 is 0. The Kier molecular flexibility index (Phi) is 3.88. The SMILES string of the molecule is Cc1nn(-c2ccccc2)c(C)c1C(=O)N1C2CCNCC1CC2. The molecule has 0 radical (unpaired) electrons. The molecule has 2 aliphatic heterocycles. The summed E-state index contributed by atoms with van der Waals surface area (Å²) in [5.41, 5.74) is 3.52. The molecule has 2 aromatic rings. The van der Waals surface area contributed by atoms with Crippen LogP contribution in [0.5, 0.6) is 0 Å². The van der Waals surface area contributed by atoms with Gasteiger partial charge in [-0.1, -0.05) is 18.2 Å². The van der Waals surface area contributed by atoms with Gasteiger partial charge in [-0.3, -0.25) is 4.79 Å². The molecule has 1 aromatic carbocycles. The predicted octanol–water partition coefficient (Wildman–Crippen LogP) is 2.46. The Hall–Kier alpha value is -2.14. The monoisotopic (exact) mass is 324 g/mol. The third kappa shape index (κ3) is 2.44. The first-order valence-corrected chi connectivity index (χ1v) is 8.82. The van der Waals surface area contributed by atoms with E-state index < -0.39 is 0 Å². The Morgan fingerprint density at radius 3 is 2.67 bits per heavy atom. The quantitative estimate of drug-likeness (QED) is 0.923. The first-order chi connectivity index (χ1) is 11.7. The van der Waals surface area contributed by atoms with E-state index in [1.54, 1.807) is 0 Å². The van der Waals surface area contributed by atoms with Gasteiger partial charge in [-0.2, -0.15) is 5.10 Å². The van der Waals surface area contributed by atoms with Crippen molar-refractivity contribution in [2.75, 3.05) is 13.1 Å². The fourth-order valence-corrected chi connectivity index (χ4v) is 4.22. The molecule has 2 fully saturated rings. The molecule has 3 heterocycles. The number of nitrogens with zero attached hydrogens (tertiary/aromatic N) is 3. The van der Waals surface area contributed by atoms with Crippen molar-refractivity contribution >= 4 is 5.91 Å². The van der Waals surface area contributed by atoms with E-state index in [1.165, 1.54) is 0 Å². The molecular formula is C19H24N4O. The molecule has 2 bridgehead atoms. The molecule has 2 atom stereocenters. The van der Waals surface area contributed by atoms with Gasteiger partial charge in [0.05, 0.1) is 22.6 Å². The van der Waals surface area contributed by atoms with Gasteiger partial charge in [-0.05, 0) is 51.8 Å². The van der Waals surface area contributed by atoms with Crippen molar-refractivity contribution in [3.63, 3.8) is 0 Å². The lowest BCUT2D eigenvalue weighted by Gasteiger charge is -2.28. The lowest BCUT2D eigenvalue weighted by atomic mass is 10.1. The van der Waals surface area contributed by atoms with Crippen LogP contribution in [-0.2, 0) is 0 Å². The summed E-state index contributed by atoms with van der Waals surface area (Å²) in [4.78, 5) is 15.5. The van der Waals surface area contributed by atoms with Crippen LogP contribution in [0.2, 0.25) is 0 Å². The Bertz CT molecular complexity index is 738. The molecule has 5 heteroatoms. The first-order valence-electron chi connectivity index (χ1n) is 8.82. The van der Waals surface area contributed by atoms with Crippen molar-refractivity contribution in [1.82, 2.24) is 20.0 Å². The van der Waals surface area contributed by atoms with Gasteiger partial charge in [-0.15, -0.1) is 0 Å². The van der Waals surface area contributed by atoms with Crippen LogP contribution in [0.15, 0.2) is 30.3 Å². The predicted molar refractivity (Wildman–Crippen MR) is 93.5 cm³/mol. The third-order valence-electron chi connectivity index (χ3n) is 5.39. The van der Waals surface area contributed by atoms with Gasteiger partial charge in [0.25, 0.3) is 5.91 Å². The zero-order valence-corrected chi connectivity index (χ0v) is 14.3. The van der Waals surface area contributed by atoms with Crippen LogP contribution in [0.1, 0.15) is 41.0 Å². The van der Waals surface area contributed by atoms with Crippen molar-refractivity contribution in [3.05, 3.63) is 47.3 Å². The summed E-state index contributed by atoms with van der Waals surface area (Å²) in [5, 5.41) is 8.10. The second-order valence-corrected chi connectivity index (χ2v) is 6.88. The Morgan fingerprint density at radius 1 is 1.12 bits per heavy atom. The van der Waals surface area contributed by atoms with Crippen LogP contribution in [-0.4, -0.2) is 45.8 Å². The van der Waals surface area contributed by atoms with Crippen molar-refractivity contribution < 1.29 is 4.79 Å². The average molecular weight is 324 g/mol. The third-order valence-corrected chi connectivity index (χ3v) is 5.39. The van der Waals surface area contributed by atoms with Crippen LogP contribution >= 0.6 is 0 Å². The molecule has 1 amide bonds. The number of carbonyl (C=O) groups excluding carboxylic acids is 1. The Morgan fingerprint density at radius 2 is 1.88 bits per heavy atom. The van der Waals surface area contributed by atoms with Crippen molar-refractivity contribution in [1.29, 1.82) is 0 Å². The van der Waals surface area contributed by atoms with E-state index in [-0.39, 0.29) is 5.91 Å². The number of carbonyl (C=O) groups is 1. The maximum absolute atomic E-state index is 13.3. The molecule has 0 aliphatic carbocycles. The summed E-state index contributed by atoms with van der Waals surface area (Å²) < 4.78 is 1.89. The normalized spacial score (nSPS) is 23.3. The standard InChI is InChI=1S/C19H24N4O/c1-13-18(14(2)23(21-13)16-6-4-3-5-7-16)19(24)22-15-8-9-17(22)12-20-11-10-15/h3-7,15,17,20H,8-12H2,1-2H3. The number of aromatic nitrogens is 2. The molecule has 4 rings (SSSR count). The van der Waals surface area contributed by atoms with Gasteiger partial charge < -0.3 is 10.2 Å². The van der Waals surface area contributed by atoms with E-state index in [1.807, 2.05) is 48.9 Å². The first kappa shape index (κ1) is 15.4. The van der Waals surface area contributed by atoms with Crippen LogP contribution in [0.4, 0.5) is 0 Å². The van der Waals surface area contributed by atoms with E-state index in [0.29, 0.717) is 12.1 Å². The molecule has 5 nitrogen and oxygen atoms in total. The lowest BCUT2D eigenvalue weighted by Crippen LogP contribution is -2.42. The highest BCUT2D eigenvalue weighted by Crippen LogP contribution is 2.31. The topological polar surface area (TPSA) is 50.2 Å². The van der Waals surface area contributed by atoms with Crippen molar-refractivity contribution in [2.24, 2.45) is 0 Å². The minimum absolute atomic E-state index is 0.156. The Labute approximate surface area is 142 Å². The van der Waals surface area contributed by atoms with Crippen LogP contribution in [0.3, 0.4) is 0 Å².